The fourth-order valence-corrected chi connectivity index (χ4v) is 3.77. The SMILES string of the molecule is C/C(=C\CC1N=C(c2cccnc2N)N(c2ccc(CCl)cc2)C1=N)c1ccccc1. The second kappa shape index (κ2) is 9.14. The molecule has 6 heteroatoms. The maximum Gasteiger partial charge on any atom is 0.145 e. The van der Waals surface area contributed by atoms with Crippen molar-refractivity contribution in [3.8, 4) is 0 Å². The molecule has 1 aliphatic rings. The minimum atomic E-state index is -0.305. The van der Waals surface area contributed by atoms with Gasteiger partial charge in [0.05, 0.1) is 5.56 Å². The zero-order chi connectivity index (χ0) is 21.8. The molecule has 0 bridgehead atoms. The van der Waals surface area contributed by atoms with Crippen LogP contribution in [0.25, 0.3) is 5.57 Å². The maximum absolute atomic E-state index is 8.89. The summed E-state index contributed by atoms with van der Waals surface area (Å²) in [5.74, 6) is 1.90. The van der Waals surface area contributed by atoms with E-state index < -0.39 is 0 Å². The number of benzene rings is 2. The van der Waals surface area contributed by atoms with E-state index in [4.69, 9.17) is 27.7 Å². The van der Waals surface area contributed by atoms with Gasteiger partial charge in [0, 0.05) is 17.8 Å². The fourth-order valence-electron chi connectivity index (χ4n) is 3.59. The Balaban J connectivity index is 1.69. The van der Waals surface area contributed by atoms with Crippen LogP contribution in [-0.2, 0) is 5.88 Å². The van der Waals surface area contributed by atoms with E-state index in [2.05, 4.69) is 30.1 Å². The normalized spacial score (nSPS) is 16.5. The Morgan fingerprint density at radius 2 is 1.84 bits per heavy atom. The largest absolute Gasteiger partial charge is 0.383 e. The molecule has 156 valence electrons. The zero-order valence-corrected chi connectivity index (χ0v) is 18.1. The molecule has 3 N–H and O–H groups in total. The fraction of sp³-hybridized carbons (Fsp3) is 0.160. The van der Waals surface area contributed by atoms with Gasteiger partial charge in [0.25, 0.3) is 0 Å². The van der Waals surface area contributed by atoms with Crippen LogP contribution in [0.1, 0.15) is 30.0 Å². The summed E-state index contributed by atoms with van der Waals surface area (Å²) in [6, 6.07) is 21.5. The van der Waals surface area contributed by atoms with Gasteiger partial charge in [-0.3, -0.25) is 15.3 Å². The Hall–Kier alpha value is -3.44. The molecule has 1 unspecified atom stereocenters. The van der Waals surface area contributed by atoms with Crippen LogP contribution in [-0.4, -0.2) is 22.7 Å². The number of aliphatic imine (C=N–C) groups is 1. The van der Waals surface area contributed by atoms with Crippen LogP contribution in [0.4, 0.5) is 11.5 Å². The maximum atomic E-state index is 8.89. The van der Waals surface area contributed by atoms with Gasteiger partial charge in [-0.1, -0.05) is 48.5 Å². The second-order valence-corrected chi connectivity index (χ2v) is 7.68. The zero-order valence-electron chi connectivity index (χ0n) is 17.3. The number of allylic oxidation sites excluding steroid dienone is 1. The van der Waals surface area contributed by atoms with E-state index in [9.17, 15) is 0 Å². The van der Waals surface area contributed by atoms with Gasteiger partial charge in [-0.2, -0.15) is 0 Å². The molecule has 0 fully saturated rings. The van der Waals surface area contributed by atoms with E-state index >= 15 is 0 Å². The first-order valence-electron chi connectivity index (χ1n) is 10.1. The highest BCUT2D eigenvalue weighted by molar-refractivity contribution is 6.30. The number of halogens is 1. The number of pyridine rings is 1. The number of nitrogen functional groups attached to an aromatic ring is 1. The van der Waals surface area contributed by atoms with Crippen LogP contribution in [0.15, 0.2) is 84.0 Å². The molecule has 3 aromatic rings. The molecule has 0 amide bonds. The highest BCUT2D eigenvalue weighted by atomic mass is 35.5. The molecule has 2 aromatic carbocycles. The summed E-state index contributed by atoms with van der Waals surface area (Å²) >= 11 is 5.95. The summed E-state index contributed by atoms with van der Waals surface area (Å²) in [6.07, 6.45) is 4.42. The van der Waals surface area contributed by atoms with Gasteiger partial charge in [-0.05, 0) is 54.3 Å². The molecule has 0 aliphatic carbocycles. The molecule has 1 atom stereocenters. The van der Waals surface area contributed by atoms with Crippen LogP contribution >= 0.6 is 11.6 Å². The van der Waals surface area contributed by atoms with Crippen molar-refractivity contribution in [2.45, 2.75) is 25.3 Å². The number of anilines is 2. The number of hydrogen-bond acceptors (Lipinski definition) is 4. The summed E-state index contributed by atoms with van der Waals surface area (Å²) in [7, 11) is 0. The first kappa shape index (κ1) is 20.8. The van der Waals surface area contributed by atoms with E-state index in [1.165, 1.54) is 5.56 Å². The standard InChI is InChI=1S/C25H24ClN5/c1-17(19-6-3-2-4-7-19)9-14-22-24(28)31(20-12-10-18(16-26)11-13-20)25(30-22)21-8-5-15-29-23(21)27/h2-13,15,22,28H,14,16H2,1H3,(H2,27,29)/b17-9+,28-24?. The van der Waals surface area contributed by atoms with Gasteiger partial charge in [0.1, 0.15) is 23.5 Å². The van der Waals surface area contributed by atoms with Gasteiger partial charge >= 0.3 is 0 Å². The minimum absolute atomic E-state index is 0.305. The molecular formula is C25H24ClN5. The monoisotopic (exact) mass is 429 g/mol. The van der Waals surface area contributed by atoms with Crippen molar-refractivity contribution in [3.63, 3.8) is 0 Å². The number of aromatic nitrogens is 1. The highest BCUT2D eigenvalue weighted by Crippen LogP contribution is 2.29. The smallest absolute Gasteiger partial charge is 0.145 e. The van der Waals surface area contributed by atoms with E-state index in [-0.39, 0.29) is 6.04 Å². The van der Waals surface area contributed by atoms with Gasteiger partial charge in [-0.25, -0.2) is 4.98 Å². The average molecular weight is 430 g/mol. The topological polar surface area (TPSA) is 78.4 Å². The Bertz CT molecular complexity index is 1140. The third-order valence-corrected chi connectivity index (χ3v) is 5.66. The molecule has 4 rings (SSSR count). The van der Waals surface area contributed by atoms with Gasteiger partial charge in [0.15, 0.2) is 0 Å². The summed E-state index contributed by atoms with van der Waals surface area (Å²) in [5, 5.41) is 8.89. The molecule has 1 aromatic heterocycles. The number of alkyl halides is 1. The Kier molecular flexibility index (Phi) is 6.14. The lowest BCUT2D eigenvalue weighted by Crippen LogP contribution is -2.35. The number of hydrogen-bond donors (Lipinski definition) is 2. The molecule has 0 saturated carbocycles. The predicted molar refractivity (Wildman–Crippen MR) is 130 cm³/mol. The van der Waals surface area contributed by atoms with Crippen molar-refractivity contribution in [2.24, 2.45) is 4.99 Å². The minimum Gasteiger partial charge on any atom is -0.383 e. The summed E-state index contributed by atoms with van der Waals surface area (Å²) in [5.41, 5.74) is 11.1. The van der Waals surface area contributed by atoms with E-state index in [0.29, 0.717) is 29.8 Å². The van der Waals surface area contributed by atoms with Crippen LogP contribution in [0.5, 0.6) is 0 Å². The third kappa shape index (κ3) is 4.37. The van der Waals surface area contributed by atoms with Crippen LogP contribution in [0, 0.1) is 5.41 Å². The number of nitrogens with zero attached hydrogens (tertiary/aromatic N) is 3. The van der Waals surface area contributed by atoms with Crippen molar-refractivity contribution in [1.82, 2.24) is 4.98 Å². The van der Waals surface area contributed by atoms with Crippen molar-refractivity contribution in [1.29, 1.82) is 5.41 Å². The molecule has 0 saturated heterocycles. The first-order chi connectivity index (χ1) is 15.1. The number of rotatable bonds is 6. The Morgan fingerprint density at radius 3 is 2.52 bits per heavy atom. The average Bonchev–Trinajstić information content (AvgIpc) is 3.14. The van der Waals surface area contributed by atoms with Gasteiger partial charge in [-0.15, -0.1) is 11.6 Å². The molecular weight excluding hydrogens is 406 g/mol. The quantitative estimate of drug-likeness (QED) is 0.507. The predicted octanol–water partition coefficient (Wildman–Crippen LogP) is 5.51. The third-order valence-electron chi connectivity index (χ3n) is 5.35. The van der Waals surface area contributed by atoms with Gasteiger partial charge in [0.2, 0.25) is 0 Å². The second-order valence-electron chi connectivity index (χ2n) is 7.41. The number of nitrogens with two attached hydrogens (primary N) is 1. The lowest BCUT2D eigenvalue weighted by molar-refractivity contribution is 0.886. The number of amidine groups is 2. The van der Waals surface area contributed by atoms with Crippen LogP contribution < -0.4 is 10.6 Å². The van der Waals surface area contributed by atoms with Crippen molar-refractivity contribution in [2.75, 3.05) is 10.6 Å². The first-order valence-corrected chi connectivity index (χ1v) is 10.7. The van der Waals surface area contributed by atoms with Crippen LogP contribution in [0.2, 0.25) is 0 Å². The molecule has 31 heavy (non-hydrogen) atoms. The summed E-state index contributed by atoms with van der Waals surface area (Å²) < 4.78 is 0. The van der Waals surface area contributed by atoms with Gasteiger partial charge < -0.3 is 5.73 Å². The van der Waals surface area contributed by atoms with E-state index in [1.807, 2.05) is 59.5 Å². The Morgan fingerprint density at radius 1 is 1.10 bits per heavy atom. The molecule has 5 nitrogen and oxygen atoms in total. The molecule has 0 radical (unpaired) electrons. The van der Waals surface area contributed by atoms with Crippen molar-refractivity contribution >= 4 is 40.4 Å². The van der Waals surface area contributed by atoms with Crippen molar-refractivity contribution < 1.29 is 0 Å². The van der Waals surface area contributed by atoms with E-state index in [0.717, 1.165) is 22.4 Å². The lowest BCUT2D eigenvalue weighted by atomic mass is 10.0. The molecule has 0 spiro atoms. The van der Waals surface area contributed by atoms with Crippen LogP contribution in [0.3, 0.4) is 0 Å². The van der Waals surface area contributed by atoms with E-state index in [1.54, 1.807) is 6.20 Å². The lowest BCUT2D eigenvalue weighted by Gasteiger charge is -2.22. The number of nitrogens with one attached hydrogen (secondary N) is 1. The summed E-state index contributed by atoms with van der Waals surface area (Å²) in [4.78, 5) is 11.0. The highest BCUT2D eigenvalue weighted by Gasteiger charge is 2.33. The molecule has 2 heterocycles. The summed E-state index contributed by atoms with van der Waals surface area (Å²) in [6.45, 7) is 2.08. The molecule has 1 aliphatic heterocycles. The Labute approximate surface area is 187 Å². The van der Waals surface area contributed by atoms with Crippen molar-refractivity contribution in [3.05, 3.63) is 95.7 Å².